The number of allylic oxidation sites excluding steroid dienone is 1. The third-order valence-electron chi connectivity index (χ3n) is 2.88. The molecule has 3 nitrogen and oxygen atoms in total. The van der Waals surface area contributed by atoms with E-state index in [1.54, 1.807) is 17.0 Å². The minimum absolute atomic E-state index is 0.146. The number of carbonyl (C=O) groups is 2. The number of ketones is 1. The molecule has 0 unspecified atom stereocenters. The molecule has 0 heterocycles. The fraction of sp³-hybridized carbons (Fsp3) is 0.375. The molecule has 0 bridgehead atoms. The van der Waals surface area contributed by atoms with Gasteiger partial charge in [-0.2, -0.15) is 0 Å². The third-order valence-corrected chi connectivity index (χ3v) is 3.62. The molecule has 1 rings (SSSR count). The predicted molar refractivity (Wildman–Crippen MR) is 87.1 cm³/mol. The molecular formula is C16H19Cl2NO2. The van der Waals surface area contributed by atoms with Gasteiger partial charge in [-0.25, -0.2) is 0 Å². The molecule has 0 aliphatic heterocycles. The first kappa shape index (κ1) is 17.7. The average molecular weight is 328 g/mol. The van der Waals surface area contributed by atoms with Crippen molar-refractivity contribution in [2.75, 3.05) is 13.1 Å². The quantitative estimate of drug-likeness (QED) is 0.550. The molecule has 1 aromatic carbocycles. The number of amides is 1. The minimum Gasteiger partial charge on any atom is -0.339 e. The van der Waals surface area contributed by atoms with Crippen LogP contribution in [-0.4, -0.2) is 29.7 Å². The van der Waals surface area contributed by atoms with Crippen LogP contribution in [0.5, 0.6) is 0 Å². The molecule has 1 amide bonds. The van der Waals surface area contributed by atoms with Gasteiger partial charge in [0.05, 0.1) is 10.0 Å². The summed E-state index contributed by atoms with van der Waals surface area (Å²) < 4.78 is 0. The highest BCUT2D eigenvalue weighted by Gasteiger charge is 2.10. The second kappa shape index (κ2) is 8.85. The van der Waals surface area contributed by atoms with Gasteiger partial charge in [0, 0.05) is 24.7 Å². The van der Waals surface area contributed by atoms with Crippen LogP contribution in [0, 0.1) is 0 Å². The van der Waals surface area contributed by atoms with Crippen molar-refractivity contribution in [3.05, 3.63) is 46.0 Å². The smallest absolute Gasteiger partial charge is 0.246 e. The molecule has 0 saturated heterocycles. The monoisotopic (exact) mass is 327 g/mol. The van der Waals surface area contributed by atoms with Crippen molar-refractivity contribution in [3.8, 4) is 0 Å². The SMILES string of the molecule is CCCN(CCC)C(=O)/C=C/C(=O)c1ccc(Cl)c(Cl)c1. The molecule has 5 heteroatoms. The van der Waals surface area contributed by atoms with Crippen molar-refractivity contribution in [1.29, 1.82) is 0 Å². The summed E-state index contributed by atoms with van der Waals surface area (Å²) in [7, 11) is 0. The molecule has 0 aromatic heterocycles. The summed E-state index contributed by atoms with van der Waals surface area (Å²) in [6, 6.07) is 4.64. The van der Waals surface area contributed by atoms with E-state index in [9.17, 15) is 9.59 Å². The van der Waals surface area contributed by atoms with Crippen molar-refractivity contribution < 1.29 is 9.59 Å². The number of nitrogens with zero attached hydrogens (tertiary/aromatic N) is 1. The van der Waals surface area contributed by atoms with Gasteiger partial charge in [0.2, 0.25) is 5.91 Å². The molecular weight excluding hydrogens is 309 g/mol. The van der Waals surface area contributed by atoms with Crippen LogP contribution >= 0.6 is 23.2 Å². The molecule has 0 N–H and O–H groups in total. The largest absolute Gasteiger partial charge is 0.339 e. The number of halogens is 2. The van der Waals surface area contributed by atoms with Gasteiger partial charge >= 0.3 is 0 Å². The summed E-state index contributed by atoms with van der Waals surface area (Å²) in [6.45, 7) is 5.41. The standard InChI is InChI=1S/C16H19Cl2NO2/c1-3-9-19(10-4-2)16(21)8-7-15(20)12-5-6-13(17)14(18)11-12/h5-8,11H,3-4,9-10H2,1-2H3/b8-7+. The van der Waals surface area contributed by atoms with Gasteiger partial charge < -0.3 is 4.90 Å². The maximum atomic E-state index is 12.0. The molecule has 0 radical (unpaired) electrons. The van der Waals surface area contributed by atoms with Gasteiger partial charge in [-0.1, -0.05) is 37.0 Å². The Morgan fingerprint density at radius 3 is 2.19 bits per heavy atom. The summed E-state index contributed by atoms with van der Waals surface area (Å²) in [5.41, 5.74) is 0.408. The van der Waals surface area contributed by atoms with Gasteiger partial charge in [0.15, 0.2) is 5.78 Å². The average Bonchev–Trinajstić information content (AvgIpc) is 2.47. The van der Waals surface area contributed by atoms with Crippen molar-refractivity contribution in [3.63, 3.8) is 0 Å². The maximum absolute atomic E-state index is 12.0. The normalized spacial score (nSPS) is 10.9. The predicted octanol–water partition coefficient (Wildman–Crippen LogP) is 4.38. The Labute approximate surface area is 135 Å². The van der Waals surface area contributed by atoms with Crippen LogP contribution in [0.4, 0.5) is 0 Å². The fourth-order valence-electron chi connectivity index (χ4n) is 1.87. The Bertz CT molecular complexity index is 535. The van der Waals surface area contributed by atoms with E-state index >= 15 is 0 Å². The van der Waals surface area contributed by atoms with Gasteiger partial charge in [-0.3, -0.25) is 9.59 Å². The Kier molecular flexibility index (Phi) is 7.48. The van der Waals surface area contributed by atoms with Crippen LogP contribution in [0.3, 0.4) is 0 Å². The fourth-order valence-corrected chi connectivity index (χ4v) is 2.17. The highest BCUT2D eigenvalue weighted by atomic mass is 35.5. The lowest BCUT2D eigenvalue weighted by atomic mass is 10.1. The molecule has 114 valence electrons. The maximum Gasteiger partial charge on any atom is 0.246 e. The summed E-state index contributed by atoms with van der Waals surface area (Å²) >= 11 is 11.7. The van der Waals surface area contributed by atoms with E-state index in [0.29, 0.717) is 28.7 Å². The second-order valence-electron chi connectivity index (χ2n) is 4.65. The van der Waals surface area contributed by atoms with Crippen LogP contribution in [0.1, 0.15) is 37.0 Å². The van der Waals surface area contributed by atoms with Crippen LogP contribution in [0.25, 0.3) is 0 Å². The lowest BCUT2D eigenvalue weighted by molar-refractivity contribution is -0.126. The van der Waals surface area contributed by atoms with Gasteiger partial charge in [-0.15, -0.1) is 0 Å². The highest BCUT2D eigenvalue weighted by molar-refractivity contribution is 6.42. The van der Waals surface area contributed by atoms with Crippen molar-refractivity contribution in [2.45, 2.75) is 26.7 Å². The van der Waals surface area contributed by atoms with E-state index in [1.807, 2.05) is 13.8 Å². The number of hydrogen-bond donors (Lipinski definition) is 0. The Balaban J connectivity index is 2.75. The van der Waals surface area contributed by atoms with E-state index < -0.39 is 0 Å². The summed E-state index contributed by atoms with van der Waals surface area (Å²) in [5, 5.41) is 0.714. The summed E-state index contributed by atoms with van der Waals surface area (Å²) in [4.78, 5) is 25.7. The van der Waals surface area contributed by atoms with Crippen LogP contribution in [0.15, 0.2) is 30.4 Å². The molecule has 1 aromatic rings. The molecule has 0 aliphatic carbocycles. The van der Waals surface area contributed by atoms with Crippen molar-refractivity contribution >= 4 is 34.9 Å². The minimum atomic E-state index is -0.269. The van der Waals surface area contributed by atoms with Crippen LogP contribution < -0.4 is 0 Å². The zero-order chi connectivity index (χ0) is 15.8. The highest BCUT2D eigenvalue weighted by Crippen LogP contribution is 2.22. The topological polar surface area (TPSA) is 37.4 Å². The molecule has 0 spiro atoms. The molecule has 0 atom stereocenters. The van der Waals surface area contributed by atoms with Crippen molar-refractivity contribution in [1.82, 2.24) is 4.90 Å². The van der Waals surface area contributed by atoms with E-state index in [1.165, 1.54) is 18.2 Å². The van der Waals surface area contributed by atoms with Crippen LogP contribution in [0.2, 0.25) is 10.0 Å². The number of carbonyl (C=O) groups excluding carboxylic acids is 2. The number of benzene rings is 1. The van der Waals surface area contributed by atoms with Crippen molar-refractivity contribution in [2.24, 2.45) is 0 Å². The summed E-state index contributed by atoms with van der Waals surface area (Å²) in [6.07, 6.45) is 4.37. The zero-order valence-electron chi connectivity index (χ0n) is 12.2. The molecule has 21 heavy (non-hydrogen) atoms. The van der Waals surface area contributed by atoms with E-state index in [2.05, 4.69) is 0 Å². The van der Waals surface area contributed by atoms with Gasteiger partial charge in [0.1, 0.15) is 0 Å². The van der Waals surface area contributed by atoms with Gasteiger partial charge in [0.25, 0.3) is 0 Å². The Morgan fingerprint density at radius 2 is 1.67 bits per heavy atom. The lowest BCUT2D eigenvalue weighted by Crippen LogP contribution is -2.31. The second-order valence-corrected chi connectivity index (χ2v) is 5.47. The van der Waals surface area contributed by atoms with Gasteiger partial charge in [-0.05, 0) is 37.1 Å². The molecule has 0 fully saturated rings. The molecule has 0 saturated carbocycles. The van der Waals surface area contributed by atoms with E-state index in [0.717, 1.165) is 12.8 Å². The first-order valence-electron chi connectivity index (χ1n) is 6.96. The van der Waals surface area contributed by atoms with E-state index in [4.69, 9.17) is 23.2 Å². The van der Waals surface area contributed by atoms with Crippen LogP contribution in [-0.2, 0) is 4.79 Å². The number of hydrogen-bond acceptors (Lipinski definition) is 2. The summed E-state index contributed by atoms with van der Waals surface area (Å²) in [5.74, 6) is -0.415. The Morgan fingerprint density at radius 1 is 1.05 bits per heavy atom. The lowest BCUT2D eigenvalue weighted by Gasteiger charge is -2.19. The van der Waals surface area contributed by atoms with E-state index in [-0.39, 0.29) is 11.7 Å². The third kappa shape index (κ3) is 5.52. The number of rotatable bonds is 7. The Hall–Kier alpha value is -1.32. The first-order valence-corrected chi connectivity index (χ1v) is 7.71. The first-order chi connectivity index (χ1) is 9.99. The zero-order valence-corrected chi connectivity index (χ0v) is 13.7. The molecule has 0 aliphatic rings.